The van der Waals surface area contributed by atoms with E-state index >= 15 is 0 Å². The van der Waals surface area contributed by atoms with Crippen molar-refractivity contribution in [2.75, 3.05) is 10.6 Å². The molecule has 0 unspecified atom stereocenters. The lowest BCUT2D eigenvalue weighted by Gasteiger charge is -2.20. The molecule has 2 heterocycles. The average Bonchev–Trinajstić information content (AvgIpc) is 2.97. The van der Waals surface area contributed by atoms with E-state index in [1.165, 1.54) is 0 Å². The molecule has 128 valence electrons. The number of anilines is 2. The highest BCUT2D eigenvalue weighted by Crippen LogP contribution is 2.31. The van der Waals surface area contributed by atoms with Crippen molar-refractivity contribution in [3.05, 3.63) is 52.7 Å². The summed E-state index contributed by atoms with van der Waals surface area (Å²) < 4.78 is 5.37. The molecule has 0 spiro atoms. The van der Waals surface area contributed by atoms with Gasteiger partial charge in [-0.15, -0.1) is 0 Å². The first-order chi connectivity index (χ1) is 11.8. The number of esters is 1. The van der Waals surface area contributed by atoms with E-state index in [4.69, 9.17) is 10.5 Å². The number of hydrogen-bond acceptors (Lipinski definition) is 6. The normalized spacial score (nSPS) is 13.3. The molecule has 6 nitrogen and oxygen atoms in total. The first-order valence-electron chi connectivity index (χ1n) is 8.03. The summed E-state index contributed by atoms with van der Waals surface area (Å²) in [6.45, 7) is 6.77. The third-order valence-corrected chi connectivity index (χ3v) is 3.99. The molecule has 0 atom stereocenters. The number of aromatic nitrogens is 1. The summed E-state index contributed by atoms with van der Waals surface area (Å²) in [5.74, 6) is -0.0733. The van der Waals surface area contributed by atoms with E-state index in [1.54, 1.807) is 18.3 Å². The van der Waals surface area contributed by atoms with Gasteiger partial charge in [0.2, 0.25) is 0 Å². The zero-order chi connectivity index (χ0) is 18.2. The second-order valence-electron chi connectivity index (χ2n) is 7.04. The van der Waals surface area contributed by atoms with Crippen molar-refractivity contribution >= 4 is 17.5 Å². The first-order valence-corrected chi connectivity index (χ1v) is 8.03. The van der Waals surface area contributed by atoms with Gasteiger partial charge in [0, 0.05) is 25.0 Å². The van der Waals surface area contributed by atoms with Crippen LogP contribution in [0.3, 0.4) is 0 Å². The SMILES string of the molecule is CC(C)(C)OC(=O)c1ccc(N2Cc3cnc(N)c(C#N)c3C2)cc1. The lowest BCUT2D eigenvalue weighted by atomic mass is 10.1. The minimum Gasteiger partial charge on any atom is -0.456 e. The number of nitrogens with two attached hydrogens (primary N) is 1. The molecule has 25 heavy (non-hydrogen) atoms. The molecule has 0 aliphatic carbocycles. The number of carbonyl (C=O) groups excluding carboxylic acids is 1. The lowest BCUT2D eigenvalue weighted by Crippen LogP contribution is -2.24. The zero-order valence-corrected chi connectivity index (χ0v) is 14.5. The van der Waals surface area contributed by atoms with Crippen LogP contribution in [0, 0.1) is 11.3 Å². The largest absolute Gasteiger partial charge is 0.456 e. The zero-order valence-electron chi connectivity index (χ0n) is 14.5. The van der Waals surface area contributed by atoms with E-state index in [0.29, 0.717) is 24.2 Å². The monoisotopic (exact) mass is 336 g/mol. The second-order valence-corrected chi connectivity index (χ2v) is 7.04. The molecule has 0 amide bonds. The van der Waals surface area contributed by atoms with Crippen LogP contribution in [0.25, 0.3) is 0 Å². The van der Waals surface area contributed by atoms with E-state index in [-0.39, 0.29) is 11.8 Å². The van der Waals surface area contributed by atoms with Crippen LogP contribution in [-0.2, 0) is 17.8 Å². The number of nitrogens with zero attached hydrogens (tertiary/aromatic N) is 3. The average molecular weight is 336 g/mol. The number of carbonyl (C=O) groups is 1. The summed E-state index contributed by atoms with van der Waals surface area (Å²) in [5, 5.41) is 9.29. The van der Waals surface area contributed by atoms with Crippen LogP contribution in [-0.4, -0.2) is 16.6 Å². The van der Waals surface area contributed by atoms with E-state index in [2.05, 4.69) is 16.0 Å². The Morgan fingerprint density at radius 1 is 1.28 bits per heavy atom. The Morgan fingerprint density at radius 2 is 1.96 bits per heavy atom. The molecule has 0 fully saturated rings. The fourth-order valence-corrected chi connectivity index (χ4v) is 2.83. The van der Waals surface area contributed by atoms with Crippen LogP contribution in [0.5, 0.6) is 0 Å². The number of nitriles is 1. The molecule has 0 bridgehead atoms. The van der Waals surface area contributed by atoms with E-state index in [9.17, 15) is 10.1 Å². The standard InChI is InChI=1S/C19H20N4O2/c1-19(2,3)25-18(24)12-4-6-14(7-5-12)23-10-13-9-22-17(21)15(8-20)16(13)11-23/h4-7,9H,10-11H2,1-3H3,(H2,21,22). The first kappa shape index (κ1) is 16.8. The highest BCUT2D eigenvalue weighted by molar-refractivity contribution is 5.90. The Morgan fingerprint density at radius 3 is 2.56 bits per heavy atom. The number of fused-ring (bicyclic) bond motifs is 1. The van der Waals surface area contributed by atoms with Gasteiger partial charge < -0.3 is 15.4 Å². The molecule has 0 saturated carbocycles. The van der Waals surface area contributed by atoms with Crippen molar-refractivity contribution in [2.45, 2.75) is 39.5 Å². The molecular weight excluding hydrogens is 316 g/mol. The van der Waals surface area contributed by atoms with Crippen molar-refractivity contribution in [3.63, 3.8) is 0 Å². The van der Waals surface area contributed by atoms with Gasteiger partial charge in [0.05, 0.1) is 11.1 Å². The Bertz CT molecular complexity index is 861. The van der Waals surface area contributed by atoms with Crippen LogP contribution >= 0.6 is 0 Å². The van der Waals surface area contributed by atoms with Crippen molar-refractivity contribution < 1.29 is 9.53 Å². The Kier molecular flexibility index (Phi) is 4.09. The predicted molar refractivity (Wildman–Crippen MR) is 94.9 cm³/mol. The molecule has 1 aromatic carbocycles. The maximum atomic E-state index is 12.1. The molecule has 2 aromatic rings. The molecule has 3 rings (SSSR count). The Hall–Kier alpha value is -3.07. The van der Waals surface area contributed by atoms with Crippen LogP contribution in [0.4, 0.5) is 11.5 Å². The van der Waals surface area contributed by atoms with E-state index < -0.39 is 5.60 Å². The number of benzene rings is 1. The predicted octanol–water partition coefficient (Wildman–Crippen LogP) is 3.01. The summed E-state index contributed by atoms with van der Waals surface area (Å²) in [4.78, 5) is 18.3. The van der Waals surface area contributed by atoms with Gasteiger partial charge >= 0.3 is 5.97 Å². The van der Waals surface area contributed by atoms with E-state index in [0.717, 1.165) is 16.8 Å². The molecule has 0 radical (unpaired) electrons. The van der Waals surface area contributed by atoms with Crippen LogP contribution in [0.2, 0.25) is 0 Å². The number of pyridine rings is 1. The smallest absolute Gasteiger partial charge is 0.338 e. The second kappa shape index (κ2) is 6.10. The van der Waals surface area contributed by atoms with Crippen molar-refractivity contribution in [2.24, 2.45) is 0 Å². The van der Waals surface area contributed by atoms with Gasteiger partial charge in [-0.25, -0.2) is 9.78 Å². The van der Waals surface area contributed by atoms with Gasteiger partial charge in [-0.3, -0.25) is 0 Å². The third kappa shape index (κ3) is 3.41. The number of nitrogen functional groups attached to an aromatic ring is 1. The summed E-state index contributed by atoms with van der Waals surface area (Å²) in [6.07, 6.45) is 1.72. The van der Waals surface area contributed by atoms with Crippen molar-refractivity contribution in [3.8, 4) is 6.07 Å². The molecule has 1 aliphatic rings. The number of rotatable bonds is 2. The topological polar surface area (TPSA) is 92.2 Å². The van der Waals surface area contributed by atoms with Gasteiger partial charge in [0.25, 0.3) is 0 Å². The van der Waals surface area contributed by atoms with Crippen molar-refractivity contribution in [1.29, 1.82) is 5.26 Å². The van der Waals surface area contributed by atoms with Crippen LogP contribution < -0.4 is 10.6 Å². The summed E-state index contributed by atoms with van der Waals surface area (Å²) >= 11 is 0. The molecule has 0 saturated heterocycles. The molecule has 1 aliphatic heterocycles. The number of hydrogen-bond donors (Lipinski definition) is 1. The fraction of sp³-hybridized carbons (Fsp3) is 0.316. The van der Waals surface area contributed by atoms with Gasteiger partial charge in [-0.2, -0.15) is 5.26 Å². The van der Waals surface area contributed by atoms with Crippen molar-refractivity contribution in [1.82, 2.24) is 4.98 Å². The van der Waals surface area contributed by atoms with Gasteiger partial charge in [0.15, 0.2) is 0 Å². The highest BCUT2D eigenvalue weighted by atomic mass is 16.6. The molecule has 6 heteroatoms. The Balaban J connectivity index is 1.79. The maximum Gasteiger partial charge on any atom is 0.338 e. The summed E-state index contributed by atoms with van der Waals surface area (Å²) in [7, 11) is 0. The van der Waals surface area contributed by atoms with Crippen LogP contribution in [0.15, 0.2) is 30.5 Å². The third-order valence-electron chi connectivity index (χ3n) is 3.99. The summed E-state index contributed by atoms with van der Waals surface area (Å²) in [5.41, 5.74) is 9.12. The fourth-order valence-electron chi connectivity index (χ4n) is 2.83. The van der Waals surface area contributed by atoms with E-state index in [1.807, 2.05) is 32.9 Å². The molecule has 2 N–H and O–H groups in total. The minimum absolute atomic E-state index is 0.267. The maximum absolute atomic E-state index is 12.1. The highest BCUT2D eigenvalue weighted by Gasteiger charge is 2.24. The minimum atomic E-state index is -0.521. The van der Waals surface area contributed by atoms with Gasteiger partial charge in [-0.1, -0.05) is 0 Å². The van der Waals surface area contributed by atoms with Crippen LogP contribution in [0.1, 0.15) is 47.8 Å². The Labute approximate surface area is 146 Å². The van der Waals surface area contributed by atoms with Gasteiger partial charge in [-0.05, 0) is 56.2 Å². The van der Waals surface area contributed by atoms with Gasteiger partial charge in [0.1, 0.15) is 17.5 Å². The summed E-state index contributed by atoms with van der Waals surface area (Å²) in [6, 6.07) is 9.41. The quantitative estimate of drug-likeness (QED) is 0.848. The number of ether oxygens (including phenoxy) is 1. The molecular formula is C19H20N4O2. The molecule has 1 aromatic heterocycles. The lowest BCUT2D eigenvalue weighted by molar-refractivity contribution is 0.00695.